The van der Waals surface area contributed by atoms with Gasteiger partial charge in [0.1, 0.15) is 10.8 Å². The van der Waals surface area contributed by atoms with Crippen LogP contribution in [0.2, 0.25) is 10.0 Å². The highest BCUT2D eigenvalue weighted by Crippen LogP contribution is 2.43. The standard InChI is InChI=1S/C26H22Cl2N4O3/c1-15-22-23(29-31(15)13-16-4-10-20(35-3)11-5-16)26(34)32(19-12-21(28)25(33)30(2)14-19)24(22)17-6-8-18(27)9-7-17/h4-12,14,24H,13H2,1-3H3. The van der Waals surface area contributed by atoms with Crippen LogP contribution in [0.5, 0.6) is 5.75 Å². The van der Waals surface area contributed by atoms with Gasteiger partial charge in [-0.2, -0.15) is 5.10 Å². The average Bonchev–Trinajstić information content (AvgIpc) is 3.32. The average molecular weight is 509 g/mol. The Labute approximate surface area is 212 Å². The summed E-state index contributed by atoms with van der Waals surface area (Å²) in [4.78, 5) is 27.5. The van der Waals surface area contributed by atoms with Crippen molar-refractivity contribution in [1.29, 1.82) is 0 Å². The number of fused-ring (bicyclic) bond motifs is 1. The lowest BCUT2D eigenvalue weighted by molar-refractivity contribution is 0.0987. The van der Waals surface area contributed by atoms with E-state index in [4.69, 9.17) is 33.0 Å². The van der Waals surface area contributed by atoms with Crippen LogP contribution in [0.15, 0.2) is 65.6 Å². The van der Waals surface area contributed by atoms with E-state index in [9.17, 15) is 9.59 Å². The minimum Gasteiger partial charge on any atom is -0.497 e. The minimum atomic E-state index is -0.451. The molecule has 3 heterocycles. The molecule has 0 saturated carbocycles. The summed E-state index contributed by atoms with van der Waals surface area (Å²) in [6, 6.07) is 16.2. The zero-order valence-corrected chi connectivity index (χ0v) is 20.8. The number of ether oxygens (including phenoxy) is 1. The molecule has 35 heavy (non-hydrogen) atoms. The molecule has 0 N–H and O–H groups in total. The first-order valence-corrected chi connectivity index (χ1v) is 11.7. The van der Waals surface area contributed by atoms with Crippen molar-refractivity contribution in [2.45, 2.75) is 19.5 Å². The first kappa shape index (κ1) is 23.2. The van der Waals surface area contributed by atoms with Gasteiger partial charge in [-0.15, -0.1) is 0 Å². The third kappa shape index (κ3) is 4.00. The molecule has 0 fully saturated rings. The highest BCUT2D eigenvalue weighted by molar-refractivity contribution is 6.31. The second kappa shape index (κ2) is 8.91. The summed E-state index contributed by atoms with van der Waals surface area (Å²) < 4.78 is 8.46. The molecule has 1 unspecified atom stereocenters. The Bertz CT molecular complexity index is 1460. The molecule has 1 aliphatic heterocycles. The number of pyridine rings is 1. The topological polar surface area (TPSA) is 69.4 Å². The molecule has 178 valence electrons. The van der Waals surface area contributed by atoms with Gasteiger partial charge in [-0.05, 0) is 48.4 Å². The lowest BCUT2D eigenvalue weighted by Crippen LogP contribution is -2.31. The number of hydrogen-bond donors (Lipinski definition) is 0. The summed E-state index contributed by atoms with van der Waals surface area (Å²) in [5.74, 6) is 0.518. The maximum atomic E-state index is 13.7. The summed E-state index contributed by atoms with van der Waals surface area (Å²) >= 11 is 12.3. The quantitative estimate of drug-likeness (QED) is 0.380. The molecule has 5 rings (SSSR count). The molecule has 2 aromatic heterocycles. The number of amides is 1. The number of nitrogens with zero attached hydrogens (tertiary/aromatic N) is 4. The maximum Gasteiger partial charge on any atom is 0.280 e. The van der Waals surface area contributed by atoms with Gasteiger partial charge in [0, 0.05) is 29.5 Å². The Kier molecular flexibility index (Phi) is 5.91. The zero-order valence-electron chi connectivity index (χ0n) is 19.3. The van der Waals surface area contributed by atoms with E-state index < -0.39 is 6.04 Å². The lowest BCUT2D eigenvalue weighted by atomic mass is 9.99. The van der Waals surface area contributed by atoms with E-state index in [-0.39, 0.29) is 16.5 Å². The van der Waals surface area contributed by atoms with Gasteiger partial charge in [0.25, 0.3) is 11.5 Å². The Morgan fingerprint density at radius 1 is 1.03 bits per heavy atom. The molecular weight excluding hydrogens is 487 g/mol. The maximum absolute atomic E-state index is 13.7. The number of benzene rings is 2. The lowest BCUT2D eigenvalue weighted by Gasteiger charge is -2.27. The normalized spacial score (nSPS) is 14.9. The van der Waals surface area contributed by atoms with Crippen LogP contribution < -0.4 is 15.2 Å². The number of halogens is 2. The van der Waals surface area contributed by atoms with Crippen LogP contribution in [0.4, 0.5) is 5.69 Å². The summed E-state index contributed by atoms with van der Waals surface area (Å²) in [7, 11) is 3.23. The van der Waals surface area contributed by atoms with E-state index in [1.165, 1.54) is 10.6 Å². The molecular formula is C26H22Cl2N4O3. The van der Waals surface area contributed by atoms with E-state index in [0.717, 1.165) is 28.1 Å². The fourth-order valence-corrected chi connectivity index (χ4v) is 4.85. The van der Waals surface area contributed by atoms with Gasteiger partial charge in [0.15, 0.2) is 5.69 Å². The molecule has 9 heteroatoms. The molecule has 2 aromatic carbocycles. The van der Waals surface area contributed by atoms with E-state index in [0.29, 0.717) is 22.9 Å². The van der Waals surface area contributed by atoms with Crippen molar-refractivity contribution in [2.75, 3.05) is 12.0 Å². The largest absolute Gasteiger partial charge is 0.497 e. The number of aromatic nitrogens is 3. The molecule has 1 amide bonds. The van der Waals surface area contributed by atoms with Gasteiger partial charge >= 0.3 is 0 Å². The molecule has 0 bridgehead atoms. The van der Waals surface area contributed by atoms with Crippen molar-refractivity contribution in [3.05, 3.63) is 109 Å². The van der Waals surface area contributed by atoms with Crippen molar-refractivity contribution >= 4 is 34.8 Å². The first-order valence-electron chi connectivity index (χ1n) is 10.9. The smallest absolute Gasteiger partial charge is 0.280 e. The Hall–Kier alpha value is -3.55. The van der Waals surface area contributed by atoms with Gasteiger partial charge in [-0.3, -0.25) is 19.2 Å². The van der Waals surface area contributed by atoms with Crippen molar-refractivity contribution in [1.82, 2.24) is 14.3 Å². The van der Waals surface area contributed by atoms with E-state index in [1.807, 2.05) is 48.0 Å². The number of hydrogen-bond acceptors (Lipinski definition) is 4. The third-order valence-electron chi connectivity index (χ3n) is 6.29. The monoisotopic (exact) mass is 508 g/mol. The van der Waals surface area contributed by atoms with Crippen LogP contribution in [0.25, 0.3) is 0 Å². The summed E-state index contributed by atoms with van der Waals surface area (Å²) in [5, 5.41) is 5.35. The fraction of sp³-hybridized carbons (Fsp3) is 0.192. The molecule has 0 spiro atoms. The second-order valence-electron chi connectivity index (χ2n) is 8.44. The van der Waals surface area contributed by atoms with Crippen molar-refractivity contribution in [3.63, 3.8) is 0 Å². The number of carbonyl (C=O) groups is 1. The molecule has 0 saturated heterocycles. The van der Waals surface area contributed by atoms with Gasteiger partial charge in [0.2, 0.25) is 0 Å². The number of rotatable bonds is 5. The second-order valence-corrected chi connectivity index (χ2v) is 9.29. The van der Waals surface area contributed by atoms with Crippen LogP contribution in [0.1, 0.15) is 38.9 Å². The van der Waals surface area contributed by atoms with Gasteiger partial charge in [0.05, 0.1) is 25.4 Å². The number of aryl methyl sites for hydroxylation is 1. The number of anilines is 1. The summed E-state index contributed by atoms with van der Waals surface area (Å²) in [6.07, 6.45) is 1.61. The van der Waals surface area contributed by atoms with Crippen molar-refractivity contribution < 1.29 is 9.53 Å². The molecule has 7 nitrogen and oxygen atoms in total. The zero-order chi connectivity index (χ0) is 24.9. The summed E-state index contributed by atoms with van der Waals surface area (Å²) in [6.45, 7) is 2.47. The first-order chi connectivity index (χ1) is 16.8. The van der Waals surface area contributed by atoms with Gasteiger partial charge in [-0.1, -0.05) is 47.5 Å². The van der Waals surface area contributed by atoms with Crippen LogP contribution in [-0.4, -0.2) is 27.4 Å². The molecule has 1 aliphatic rings. The van der Waals surface area contributed by atoms with Crippen molar-refractivity contribution in [2.24, 2.45) is 7.05 Å². The third-order valence-corrected chi connectivity index (χ3v) is 6.81. The van der Waals surface area contributed by atoms with Crippen LogP contribution in [0, 0.1) is 6.92 Å². The Balaban J connectivity index is 1.62. The Morgan fingerprint density at radius 2 is 1.71 bits per heavy atom. The van der Waals surface area contributed by atoms with Crippen LogP contribution in [0.3, 0.4) is 0 Å². The molecule has 0 aliphatic carbocycles. The molecule has 1 atom stereocenters. The number of methoxy groups -OCH3 is 1. The van der Waals surface area contributed by atoms with Gasteiger partial charge < -0.3 is 9.30 Å². The van der Waals surface area contributed by atoms with E-state index >= 15 is 0 Å². The van der Waals surface area contributed by atoms with Gasteiger partial charge in [-0.25, -0.2) is 0 Å². The van der Waals surface area contributed by atoms with E-state index in [2.05, 4.69) is 0 Å². The number of carbonyl (C=O) groups excluding carboxylic acids is 1. The fourth-order valence-electron chi connectivity index (χ4n) is 4.48. The molecule has 4 aromatic rings. The highest BCUT2D eigenvalue weighted by Gasteiger charge is 2.43. The predicted octanol–water partition coefficient (Wildman–Crippen LogP) is 5.00. The molecule has 0 radical (unpaired) electrons. The van der Waals surface area contributed by atoms with Crippen molar-refractivity contribution in [3.8, 4) is 5.75 Å². The highest BCUT2D eigenvalue weighted by atomic mass is 35.5. The Morgan fingerprint density at radius 3 is 2.34 bits per heavy atom. The predicted molar refractivity (Wildman–Crippen MR) is 136 cm³/mol. The summed E-state index contributed by atoms with van der Waals surface area (Å²) in [5.41, 5.74) is 4.16. The SMILES string of the molecule is COc1ccc(Cn2nc3c(c2C)C(c2ccc(Cl)cc2)N(c2cc(Cl)c(=O)n(C)c2)C3=O)cc1. The van der Waals surface area contributed by atoms with Crippen LogP contribution in [-0.2, 0) is 13.6 Å². The van der Waals surface area contributed by atoms with E-state index in [1.54, 1.807) is 37.4 Å². The minimum absolute atomic E-state index is 0.0403. The van der Waals surface area contributed by atoms with Crippen LogP contribution >= 0.6 is 23.2 Å².